The lowest BCUT2D eigenvalue weighted by Gasteiger charge is -2.10. The molecule has 0 radical (unpaired) electrons. The molecule has 0 amide bonds. The SMILES string of the molecule is OCCOCC(O)CCc1ccccc1. The van der Waals surface area contributed by atoms with Crippen LogP contribution in [0.1, 0.15) is 12.0 Å². The molecule has 15 heavy (non-hydrogen) atoms. The lowest BCUT2D eigenvalue weighted by molar-refractivity contribution is 0.0182. The smallest absolute Gasteiger partial charge is 0.0776 e. The Labute approximate surface area is 90.3 Å². The van der Waals surface area contributed by atoms with Crippen LogP contribution in [0, 0.1) is 0 Å². The second-order valence-electron chi connectivity index (χ2n) is 3.48. The lowest BCUT2D eigenvalue weighted by Crippen LogP contribution is -2.17. The molecule has 2 N–H and O–H groups in total. The van der Waals surface area contributed by atoms with Crippen molar-refractivity contribution in [3.05, 3.63) is 35.9 Å². The van der Waals surface area contributed by atoms with E-state index in [1.54, 1.807) is 0 Å². The van der Waals surface area contributed by atoms with Gasteiger partial charge in [0.1, 0.15) is 0 Å². The predicted octanol–water partition coefficient (Wildman–Crippen LogP) is 0.989. The molecule has 0 fully saturated rings. The molecule has 0 aliphatic heterocycles. The van der Waals surface area contributed by atoms with E-state index in [1.807, 2.05) is 30.3 Å². The normalized spacial score (nSPS) is 12.7. The quantitative estimate of drug-likeness (QED) is 0.660. The highest BCUT2D eigenvalue weighted by molar-refractivity contribution is 5.14. The summed E-state index contributed by atoms with van der Waals surface area (Å²) in [6.45, 7) is 0.598. The van der Waals surface area contributed by atoms with Gasteiger partial charge in [0, 0.05) is 0 Å². The van der Waals surface area contributed by atoms with Crippen LogP contribution in [-0.4, -0.2) is 36.1 Å². The van der Waals surface area contributed by atoms with E-state index in [0.29, 0.717) is 19.6 Å². The fourth-order valence-electron chi connectivity index (χ4n) is 1.35. The van der Waals surface area contributed by atoms with E-state index in [0.717, 1.165) is 6.42 Å². The number of rotatable bonds is 7. The molecule has 0 saturated carbocycles. The van der Waals surface area contributed by atoms with Gasteiger partial charge in [-0.15, -0.1) is 0 Å². The Morgan fingerprint density at radius 2 is 1.93 bits per heavy atom. The van der Waals surface area contributed by atoms with Crippen LogP contribution in [0.4, 0.5) is 0 Å². The summed E-state index contributed by atoms with van der Waals surface area (Å²) < 4.78 is 5.03. The van der Waals surface area contributed by atoms with Gasteiger partial charge in [-0.25, -0.2) is 0 Å². The lowest BCUT2D eigenvalue weighted by atomic mass is 10.1. The molecule has 3 heteroatoms. The number of benzene rings is 1. The topological polar surface area (TPSA) is 49.7 Å². The first-order valence-corrected chi connectivity index (χ1v) is 5.23. The number of hydrogen-bond donors (Lipinski definition) is 2. The molecule has 0 aromatic heterocycles. The average molecular weight is 210 g/mol. The molecule has 3 nitrogen and oxygen atoms in total. The monoisotopic (exact) mass is 210 g/mol. The van der Waals surface area contributed by atoms with Crippen LogP contribution in [0.2, 0.25) is 0 Å². The highest BCUT2D eigenvalue weighted by Crippen LogP contribution is 2.05. The van der Waals surface area contributed by atoms with Gasteiger partial charge in [-0.3, -0.25) is 0 Å². The fourth-order valence-corrected chi connectivity index (χ4v) is 1.35. The van der Waals surface area contributed by atoms with Crippen LogP contribution in [0.15, 0.2) is 30.3 Å². The van der Waals surface area contributed by atoms with Crippen molar-refractivity contribution in [1.29, 1.82) is 0 Å². The fraction of sp³-hybridized carbons (Fsp3) is 0.500. The van der Waals surface area contributed by atoms with Crippen molar-refractivity contribution in [2.45, 2.75) is 18.9 Å². The molecule has 1 aromatic carbocycles. The van der Waals surface area contributed by atoms with Crippen LogP contribution >= 0.6 is 0 Å². The van der Waals surface area contributed by atoms with Crippen molar-refractivity contribution >= 4 is 0 Å². The molecule has 84 valence electrons. The molecular formula is C12H18O3. The van der Waals surface area contributed by atoms with E-state index in [9.17, 15) is 5.11 Å². The number of ether oxygens (including phenoxy) is 1. The van der Waals surface area contributed by atoms with Gasteiger partial charge >= 0.3 is 0 Å². The van der Waals surface area contributed by atoms with Crippen molar-refractivity contribution in [2.24, 2.45) is 0 Å². The summed E-state index contributed by atoms with van der Waals surface area (Å²) in [5.41, 5.74) is 1.22. The highest BCUT2D eigenvalue weighted by Gasteiger charge is 2.04. The van der Waals surface area contributed by atoms with Crippen molar-refractivity contribution in [3.8, 4) is 0 Å². The zero-order valence-corrected chi connectivity index (χ0v) is 8.80. The molecule has 0 spiro atoms. The van der Waals surface area contributed by atoms with Crippen LogP contribution in [0.3, 0.4) is 0 Å². The summed E-state index contributed by atoms with van der Waals surface area (Å²) in [5, 5.41) is 18.0. The summed E-state index contributed by atoms with van der Waals surface area (Å²) in [6, 6.07) is 10.0. The Balaban J connectivity index is 2.14. The van der Waals surface area contributed by atoms with Crippen molar-refractivity contribution in [2.75, 3.05) is 19.8 Å². The summed E-state index contributed by atoms with van der Waals surface area (Å²) in [4.78, 5) is 0. The van der Waals surface area contributed by atoms with E-state index in [-0.39, 0.29) is 6.61 Å². The molecule has 0 aliphatic rings. The molecule has 1 atom stereocenters. The largest absolute Gasteiger partial charge is 0.394 e. The summed E-state index contributed by atoms with van der Waals surface area (Å²) in [6.07, 6.45) is 1.09. The van der Waals surface area contributed by atoms with Crippen molar-refractivity contribution < 1.29 is 14.9 Å². The van der Waals surface area contributed by atoms with Crippen LogP contribution in [0.25, 0.3) is 0 Å². The summed E-state index contributed by atoms with van der Waals surface area (Å²) in [7, 11) is 0. The van der Waals surface area contributed by atoms with Crippen LogP contribution in [-0.2, 0) is 11.2 Å². The van der Waals surface area contributed by atoms with Gasteiger partial charge in [-0.2, -0.15) is 0 Å². The van der Waals surface area contributed by atoms with Gasteiger partial charge in [0.25, 0.3) is 0 Å². The van der Waals surface area contributed by atoms with E-state index >= 15 is 0 Å². The van der Waals surface area contributed by atoms with Gasteiger partial charge in [0.15, 0.2) is 0 Å². The second kappa shape index (κ2) is 7.40. The number of hydrogen-bond acceptors (Lipinski definition) is 3. The third kappa shape index (κ3) is 5.52. The Kier molecular flexibility index (Phi) is 6.00. The average Bonchev–Trinajstić information content (AvgIpc) is 2.28. The maximum absolute atomic E-state index is 9.53. The highest BCUT2D eigenvalue weighted by atomic mass is 16.5. The molecular weight excluding hydrogens is 192 g/mol. The summed E-state index contributed by atoms with van der Waals surface area (Å²) in [5.74, 6) is 0. The minimum atomic E-state index is -0.447. The van der Waals surface area contributed by atoms with Gasteiger partial charge in [-0.1, -0.05) is 30.3 Å². The Hall–Kier alpha value is -0.900. The van der Waals surface area contributed by atoms with Gasteiger partial charge in [0.05, 0.1) is 25.9 Å². The molecule has 1 unspecified atom stereocenters. The van der Waals surface area contributed by atoms with Crippen molar-refractivity contribution in [3.63, 3.8) is 0 Å². The number of aliphatic hydroxyl groups excluding tert-OH is 2. The second-order valence-corrected chi connectivity index (χ2v) is 3.48. The first-order valence-electron chi connectivity index (χ1n) is 5.23. The van der Waals surface area contributed by atoms with E-state index in [2.05, 4.69) is 0 Å². The zero-order valence-electron chi connectivity index (χ0n) is 8.80. The minimum Gasteiger partial charge on any atom is -0.394 e. The number of aliphatic hydroxyl groups is 2. The Morgan fingerprint density at radius 1 is 1.20 bits per heavy atom. The maximum Gasteiger partial charge on any atom is 0.0776 e. The zero-order chi connectivity index (χ0) is 10.9. The Bertz CT molecular complexity index is 248. The minimum absolute atomic E-state index is 0.00536. The van der Waals surface area contributed by atoms with Gasteiger partial charge in [-0.05, 0) is 18.4 Å². The van der Waals surface area contributed by atoms with Crippen LogP contribution in [0.5, 0.6) is 0 Å². The van der Waals surface area contributed by atoms with Gasteiger partial charge < -0.3 is 14.9 Å². The Morgan fingerprint density at radius 3 is 2.60 bits per heavy atom. The van der Waals surface area contributed by atoms with E-state index in [4.69, 9.17) is 9.84 Å². The predicted molar refractivity (Wildman–Crippen MR) is 58.7 cm³/mol. The standard InChI is InChI=1S/C12H18O3/c13-8-9-15-10-12(14)7-6-11-4-2-1-3-5-11/h1-5,12-14H,6-10H2. The van der Waals surface area contributed by atoms with Crippen molar-refractivity contribution in [1.82, 2.24) is 0 Å². The molecule has 0 heterocycles. The molecule has 1 aromatic rings. The molecule has 0 saturated heterocycles. The molecule has 0 bridgehead atoms. The number of aryl methyl sites for hydroxylation is 1. The first kappa shape index (κ1) is 12.2. The summed E-state index contributed by atoms with van der Waals surface area (Å²) >= 11 is 0. The molecule has 1 rings (SSSR count). The molecule has 0 aliphatic carbocycles. The first-order chi connectivity index (χ1) is 7.33. The van der Waals surface area contributed by atoms with Crippen LogP contribution < -0.4 is 0 Å². The third-order valence-electron chi connectivity index (χ3n) is 2.15. The maximum atomic E-state index is 9.53. The third-order valence-corrected chi connectivity index (χ3v) is 2.15. The van der Waals surface area contributed by atoms with E-state index < -0.39 is 6.10 Å². The van der Waals surface area contributed by atoms with E-state index in [1.165, 1.54) is 5.56 Å². The van der Waals surface area contributed by atoms with Gasteiger partial charge in [0.2, 0.25) is 0 Å².